The number of ether oxygens (including phenoxy) is 3. The molecule has 7 nitrogen and oxygen atoms in total. The largest absolute Gasteiger partial charge is 0.490 e. The summed E-state index contributed by atoms with van der Waals surface area (Å²) in [6.45, 7) is 10.5. The lowest BCUT2D eigenvalue weighted by molar-refractivity contribution is 0.0383. The summed E-state index contributed by atoms with van der Waals surface area (Å²) >= 11 is 1.31. The molecule has 2 aromatic heterocycles. The van der Waals surface area contributed by atoms with Crippen LogP contribution in [-0.2, 0) is 4.74 Å². The second kappa shape index (κ2) is 9.09. The molecule has 8 heteroatoms. The van der Waals surface area contributed by atoms with Crippen LogP contribution in [0.4, 0.5) is 11.5 Å². The highest BCUT2D eigenvalue weighted by atomic mass is 32.1. The number of benzene rings is 1. The number of carbonyl (C=O) groups excluding carboxylic acids is 1. The highest BCUT2D eigenvalue weighted by Gasteiger charge is 2.21. The van der Waals surface area contributed by atoms with Crippen molar-refractivity contribution in [3.05, 3.63) is 35.0 Å². The number of thiophene rings is 1. The Morgan fingerprint density at radius 1 is 1.14 bits per heavy atom. The lowest BCUT2D eigenvalue weighted by atomic mass is 10.2. The highest BCUT2D eigenvalue weighted by Crippen LogP contribution is 2.36. The second-order valence-electron chi connectivity index (χ2n) is 6.57. The van der Waals surface area contributed by atoms with E-state index in [1.54, 1.807) is 0 Å². The molecule has 0 amide bonds. The van der Waals surface area contributed by atoms with E-state index in [2.05, 4.69) is 15.3 Å². The van der Waals surface area contributed by atoms with E-state index in [0.717, 1.165) is 21.5 Å². The Labute approximate surface area is 174 Å². The van der Waals surface area contributed by atoms with Crippen molar-refractivity contribution in [2.75, 3.05) is 18.5 Å². The number of anilines is 2. The fourth-order valence-electron chi connectivity index (χ4n) is 2.89. The molecular weight excluding hydrogens is 390 g/mol. The van der Waals surface area contributed by atoms with Gasteiger partial charge < -0.3 is 19.5 Å². The van der Waals surface area contributed by atoms with E-state index in [-0.39, 0.29) is 12.1 Å². The van der Waals surface area contributed by atoms with Crippen molar-refractivity contribution >= 4 is 39.0 Å². The van der Waals surface area contributed by atoms with Gasteiger partial charge in [-0.3, -0.25) is 0 Å². The molecular formula is C21H25N3O4S. The molecule has 0 saturated heterocycles. The van der Waals surface area contributed by atoms with Crippen molar-refractivity contribution in [3.8, 4) is 11.5 Å². The molecule has 0 saturated carbocycles. The van der Waals surface area contributed by atoms with Crippen LogP contribution in [0.3, 0.4) is 0 Å². The molecule has 0 spiro atoms. The Morgan fingerprint density at radius 3 is 2.55 bits per heavy atom. The van der Waals surface area contributed by atoms with Gasteiger partial charge in [0.25, 0.3) is 0 Å². The van der Waals surface area contributed by atoms with Gasteiger partial charge >= 0.3 is 5.97 Å². The maximum atomic E-state index is 12.4. The van der Waals surface area contributed by atoms with Gasteiger partial charge in [-0.05, 0) is 52.3 Å². The number of fused-ring (bicyclic) bond motifs is 1. The Kier molecular flexibility index (Phi) is 6.53. The van der Waals surface area contributed by atoms with Crippen LogP contribution in [-0.4, -0.2) is 35.3 Å². The van der Waals surface area contributed by atoms with E-state index in [9.17, 15) is 4.79 Å². The molecule has 1 aromatic carbocycles. The maximum Gasteiger partial charge on any atom is 0.348 e. The average molecular weight is 416 g/mol. The van der Waals surface area contributed by atoms with Crippen molar-refractivity contribution < 1.29 is 19.0 Å². The maximum absolute atomic E-state index is 12.4. The molecule has 0 radical (unpaired) electrons. The van der Waals surface area contributed by atoms with E-state index >= 15 is 0 Å². The summed E-state index contributed by atoms with van der Waals surface area (Å²) in [7, 11) is 0. The third kappa shape index (κ3) is 4.59. The number of nitrogens with zero attached hydrogens (tertiary/aromatic N) is 2. The summed E-state index contributed by atoms with van der Waals surface area (Å²) in [5.41, 5.74) is 1.60. The van der Waals surface area contributed by atoms with Crippen molar-refractivity contribution in [3.63, 3.8) is 0 Å². The first kappa shape index (κ1) is 20.9. The van der Waals surface area contributed by atoms with E-state index < -0.39 is 0 Å². The van der Waals surface area contributed by atoms with Gasteiger partial charge in [-0.25, -0.2) is 14.8 Å². The molecule has 29 heavy (non-hydrogen) atoms. The van der Waals surface area contributed by atoms with Gasteiger partial charge in [0.15, 0.2) is 11.5 Å². The van der Waals surface area contributed by atoms with Gasteiger partial charge in [-0.2, -0.15) is 0 Å². The van der Waals surface area contributed by atoms with Crippen LogP contribution in [0.25, 0.3) is 10.2 Å². The van der Waals surface area contributed by atoms with Gasteiger partial charge in [-0.15, -0.1) is 11.3 Å². The molecule has 3 aromatic rings. The minimum atomic E-state index is -0.342. The van der Waals surface area contributed by atoms with Crippen molar-refractivity contribution in [2.45, 2.75) is 40.7 Å². The number of hydrogen-bond acceptors (Lipinski definition) is 8. The SMILES string of the molecule is CCOc1ccc(Nc2ncnc3sc(C(=O)OC(C)C)c(C)c23)cc1OCC. The molecule has 0 unspecified atom stereocenters. The average Bonchev–Trinajstić information content (AvgIpc) is 3.01. The Balaban J connectivity index is 1.97. The highest BCUT2D eigenvalue weighted by molar-refractivity contribution is 7.20. The summed E-state index contributed by atoms with van der Waals surface area (Å²) in [5, 5.41) is 4.12. The fraction of sp³-hybridized carbons (Fsp3) is 0.381. The third-order valence-electron chi connectivity index (χ3n) is 4.06. The zero-order valence-corrected chi connectivity index (χ0v) is 18.1. The van der Waals surface area contributed by atoms with E-state index in [0.29, 0.717) is 35.4 Å². The summed E-state index contributed by atoms with van der Waals surface area (Å²) in [4.78, 5) is 22.4. The lowest BCUT2D eigenvalue weighted by Gasteiger charge is -2.13. The number of rotatable bonds is 8. The second-order valence-corrected chi connectivity index (χ2v) is 7.56. The Morgan fingerprint density at radius 2 is 1.86 bits per heavy atom. The van der Waals surface area contributed by atoms with Crippen LogP contribution in [0.2, 0.25) is 0 Å². The molecule has 0 bridgehead atoms. The van der Waals surface area contributed by atoms with Gasteiger partial charge in [0.1, 0.15) is 21.9 Å². The minimum absolute atomic E-state index is 0.184. The standard InChI is InChI=1S/C21H25N3O4S/c1-6-26-15-9-8-14(10-16(15)27-7-2)24-19-17-13(5)18(21(25)28-12(3)4)29-20(17)23-11-22-19/h8-12H,6-7H2,1-5H3,(H,22,23,24). The van der Waals surface area contributed by atoms with E-state index in [1.165, 1.54) is 17.7 Å². The van der Waals surface area contributed by atoms with Gasteiger partial charge in [0.05, 0.1) is 24.7 Å². The Hall–Kier alpha value is -2.87. The first-order chi connectivity index (χ1) is 13.9. The predicted molar refractivity (Wildman–Crippen MR) is 115 cm³/mol. The van der Waals surface area contributed by atoms with Crippen LogP contribution in [0, 0.1) is 6.92 Å². The topological polar surface area (TPSA) is 82.6 Å². The van der Waals surface area contributed by atoms with Crippen LogP contribution >= 0.6 is 11.3 Å². The lowest BCUT2D eigenvalue weighted by Crippen LogP contribution is -2.11. The van der Waals surface area contributed by atoms with Gasteiger partial charge in [0, 0.05) is 11.8 Å². The molecule has 0 atom stereocenters. The van der Waals surface area contributed by atoms with Crippen LogP contribution in [0.5, 0.6) is 11.5 Å². The molecule has 2 heterocycles. The van der Waals surface area contributed by atoms with Crippen LogP contribution < -0.4 is 14.8 Å². The number of nitrogens with one attached hydrogen (secondary N) is 1. The minimum Gasteiger partial charge on any atom is -0.490 e. The van der Waals surface area contributed by atoms with Crippen LogP contribution in [0.1, 0.15) is 42.9 Å². The first-order valence-electron chi connectivity index (χ1n) is 9.56. The van der Waals surface area contributed by atoms with Gasteiger partial charge in [0.2, 0.25) is 0 Å². The van der Waals surface area contributed by atoms with Crippen LogP contribution in [0.15, 0.2) is 24.5 Å². The number of carbonyl (C=O) groups is 1. The summed E-state index contributed by atoms with van der Waals surface area (Å²) in [5.74, 6) is 1.64. The molecule has 154 valence electrons. The van der Waals surface area contributed by atoms with Crippen molar-refractivity contribution in [1.82, 2.24) is 9.97 Å². The van der Waals surface area contributed by atoms with Gasteiger partial charge in [-0.1, -0.05) is 0 Å². The summed E-state index contributed by atoms with van der Waals surface area (Å²) < 4.78 is 16.7. The molecule has 1 N–H and O–H groups in total. The predicted octanol–water partition coefficient (Wildman–Crippen LogP) is 5.11. The van der Waals surface area contributed by atoms with E-state index in [1.807, 2.05) is 52.8 Å². The number of aryl methyl sites for hydroxylation is 1. The normalized spacial score (nSPS) is 11.0. The zero-order valence-electron chi connectivity index (χ0n) is 17.2. The summed E-state index contributed by atoms with van der Waals surface area (Å²) in [6, 6.07) is 5.64. The summed E-state index contributed by atoms with van der Waals surface area (Å²) in [6.07, 6.45) is 1.30. The molecule has 0 fully saturated rings. The van der Waals surface area contributed by atoms with E-state index in [4.69, 9.17) is 14.2 Å². The molecule has 3 rings (SSSR count). The smallest absolute Gasteiger partial charge is 0.348 e. The molecule has 0 aliphatic rings. The molecule has 0 aliphatic carbocycles. The monoisotopic (exact) mass is 415 g/mol. The van der Waals surface area contributed by atoms with Crippen molar-refractivity contribution in [2.24, 2.45) is 0 Å². The quantitative estimate of drug-likeness (QED) is 0.512. The fourth-order valence-corrected chi connectivity index (χ4v) is 3.93. The van der Waals surface area contributed by atoms with Crippen molar-refractivity contribution in [1.29, 1.82) is 0 Å². The Bertz CT molecular complexity index is 1020. The number of esters is 1. The third-order valence-corrected chi connectivity index (χ3v) is 5.24. The molecule has 0 aliphatic heterocycles. The number of aromatic nitrogens is 2. The number of hydrogen-bond donors (Lipinski definition) is 1. The first-order valence-corrected chi connectivity index (χ1v) is 10.4. The zero-order chi connectivity index (χ0) is 21.0.